The lowest BCUT2D eigenvalue weighted by Gasteiger charge is -2.42. The fourth-order valence-electron chi connectivity index (χ4n) is 3.96. The lowest BCUT2D eigenvalue weighted by molar-refractivity contribution is -0.0346. The number of sulfonamides is 1. The first-order valence-corrected chi connectivity index (χ1v) is 10.9. The van der Waals surface area contributed by atoms with Crippen LogP contribution in [0, 0.1) is 0 Å². The molecule has 1 amide bonds. The highest BCUT2D eigenvalue weighted by Crippen LogP contribution is 2.42. The highest BCUT2D eigenvalue weighted by Gasteiger charge is 2.56. The van der Waals surface area contributed by atoms with Crippen LogP contribution in [0.4, 0.5) is 0 Å². The number of nitrogens with zero attached hydrogens (tertiary/aromatic N) is 2. The summed E-state index contributed by atoms with van der Waals surface area (Å²) in [7, 11) is -4.06. The molecule has 0 fully saturated rings. The quantitative estimate of drug-likeness (QED) is 0.824. The average Bonchev–Trinajstić information content (AvgIpc) is 2.92. The van der Waals surface area contributed by atoms with Crippen LogP contribution in [0.1, 0.15) is 47.7 Å². The van der Waals surface area contributed by atoms with E-state index in [-0.39, 0.29) is 23.4 Å². The second-order valence-electron chi connectivity index (χ2n) is 7.19. The second kappa shape index (κ2) is 6.86. The number of carbonyl (C=O) groups is 1. The van der Waals surface area contributed by atoms with Crippen molar-refractivity contribution >= 4 is 15.9 Å². The van der Waals surface area contributed by atoms with E-state index in [2.05, 4.69) is 11.9 Å². The highest BCUT2D eigenvalue weighted by molar-refractivity contribution is 7.90. The van der Waals surface area contributed by atoms with E-state index in [0.29, 0.717) is 18.7 Å². The number of aromatic nitrogens is 1. The maximum absolute atomic E-state index is 13.4. The third-order valence-corrected chi connectivity index (χ3v) is 7.31. The molecule has 1 atom stereocenters. The lowest BCUT2D eigenvalue weighted by atomic mass is 9.97. The van der Waals surface area contributed by atoms with Gasteiger partial charge in [-0.1, -0.05) is 31.5 Å². The highest BCUT2D eigenvalue weighted by atomic mass is 32.2. The van der Waals surface area contributed by atoms with Gasteiger partial charge in [-0.3, -0.25) is 4.79 Å². The smallest absolute Gasteiger partial charge is 0.272 e. The van der Waals surface area contributed by atoms with Gasteiger partial charge in [0.15, 0.2) is 0 Å². The molecule has 0 saturated carbocycles. The van der Waals surface area contributed by atoms with E-state index in [4.69, 9.17) is 10.5 Å². The third-order valence-electron chi connectivity index (χ3n) is 5.44. The number of fused-ring (bicyclic) bond motifs is 2. The summed E-state index contributed by atoms with van der Waals surface area (Å²) in [5.74, 6) is -0.240. The number of carbonyl (C=O) groups excluding carboxylic acids is 1. The molecule has 148 valence electrons. The largest absolute Gasteiger partial charge is 0.448 e. The molecule has 0 radical (unpaired) electrons. The van der Waals surface area contributed by atoms with Crippen LogP contribution < -0.4 is 10.5 Å². The van der Waals surface area contributed by atoms with Crippen molar-refractivity contribution in [1.29, 1.82) is 0 Å². The molecule has 0 bridgehead atoms. The zero-order valence-electron chi connectivity index (χ0n) is 15.7. The minimum absolute atomic E-state index is 0.0364. The Morgan fingerprint density at radius 2 is 2.11 bits per heavy atom. The van der Waals surface area contributed by atoms with Gasteiger partial charge in [-0.25, -0.2) is 13.4 Å². The SMILES string of the molecule is CCCCc1cccc2c1C(=O)N(C1(CN)CCc3cccnc3O1)S2(=O)=O. The van der Waals surface area contributed by atoms with E-state index < -0.39 is 21.7 Å². The van der Waals surface area contributed by atoms with Crippen LogP contribution in [0.5, 0.6) is 5.88 Å². The van der Waals surface area contributed by atoms with Gasteiger partial charge < -0.3 is 10.5 Å². The van der Waals surface area contributed by atoms with Crippen LogP contribution in [0.15, 0.2) is 41.4 Å². The maximum atomic E-state index is 13.4. The Hall–Kier alpha value is -2.45. The van der Waals surface area contributed by atoms with Crippen molar-refractivity contribution in [1.82, 2.24) is 9.29 Å². The molecule has 1 aromatic heterocycles. The standard InChI is InChI=1S/C20H23N3O4S/c1-2-3-6-14-7-4-9-16-17(14)19(24)23(28(16,25)26)20(13-21)11-10-15-8-5-12-22-18(15)27-20/h4-5,7-9,12H,2-3,6,10-11,13,21H2,1H3. The van der Waals surface area contributed by atoms with Crippen LogP contribution >= 0.6 is 0 Å². The average molecular weight is 401 g/mol. The first-order chi connectivity index (χ1) is 13.4. The molecule has 1 aromatic carbocycles. The molecule has 0 spiro atoms. The van der Waals surface area contributed by atoms with E-state index in [9.17, 15) is 13.2 Å². The van der Waals surface area contributed by atoms with E-state index in [1.807, 2.05) is 12.1 Å². The third kappa shape index (κ3) is 2.70. The molecule has 28 heavy (non-hydrogen) atoms. The second-order valence-corrected chi connectivity index (χ2v) is 8.94. The van der Waals surface area contributed by atoms with Gasteiger partial charge in [-0.2, -0.15) is 4.31 Å². The van der Waals surface area contributed by atoms with Gasteiger partial charge >= 0.3 is 0 Å². The number of aryl methyl sites for hydroxylation is 2. The molecule has 2 aromatic rings. The van der Waals surface area contributed by atoms with Crippen molar-refractivity contribution in [2.45, 2.75) is 49.6 Å². The Labute approximate surface area is 164 Å². The van der Waals surface area contributed by atoms with Crippen LogP contribution in [0.2, 0.25) is 0 Å². The zero-order chi connectivity index (χ0) is 19.9. The fraction of sp³-hybridized carbons (Fsp3) is 0.400. The molecular weight excluding hydrogens is 378 g/mol. The number of amides is 1. The molecule has 1 unspecified atom stereocenters. The summed E-state index contributed by atoms with van der Waals surface area (Å²) in [6.45, 7) is 1.91. The van der Waals surface area contributed by atoms with Gasteiger partial charge in [0.1, 0.15) is 4.90 Å². The molecule has 2 aliphatic rings. The predicted molar refractivity (Wildman–Crippen MR) is 103 cm³/mol. The van der Waals surface area contributed by atoms with E-state index in [1.54, 1.807) is 18.3 Å². The van der Waals surface area contributed by atoms with Crippen molar-refractivity contribution in [3.8, 4) is 5.88 Å². The minimum atomic E-state index is -4.06. The first kappa shape index (κ1) is 18.9. The van der Waals surface area contributed by atoms with Crippen molar-refractivity contribution in [2.75, 3.05) is 6.54 Å². The number of rotatable bonds is 5. The van der Waals surface area contributed by atoms with Crippen LogP contribution in [0.3, 0.4) is 0 Å². The number of unbranched alkanes of at least 4 members (excludes halogenated alkanes) is 1. The topological polar surface area (TPSA) is 103 Å². The predicted octanol–water partition coefficient (Wildman–Crippen LogP) is 2.25. The molecule has 3 heterocycles. The molecule has 8 heteroatoms. The summed E-state index contributed by atoms with van der Waals surface area (Å²) in [6.07, 6.45) is 4.86. The number of ether oxygens (including phenoxy) is 1. The lowest BCUT2D eigenvalue weighted by Crippen LogP contribution is -2.61. The fourth-order valence-corrected chi connectivity index (χ4v) is 5.83. The normalized spacial score (nSPS) is 22.5. The van der Waals surface area contributed by atoms with Crippen molar-refractivity contribution < 1.29 is 17.9 Å². The number of pyridine rings is 1. The number of hydrogen-bond acceptors (Lipinski definition) is 6. The maximum Gasteiger partial charge on any atom is 0.272 e. The summed E-state index contributed by atoms with van der Waals surface area (Å²) in [5.41, 5.74) is 6.40. The summed E-state index contributed by atoms with van der Waals surface area (Å²) in [6, 6.07) is 8.66. The minimum Gasteiger partial charge on any atom is -0.448 e. The van der Waals surface area contributed by atoms with Crippen LogP contribution in [0.25, 0.3) is 0 Å². The van der Waals surface area contributed by atoms with Crippen molar-refractivity contribution in [3.63, 3.8) is 0 Å². The molecule has 2 N–H and O–H groups in total. The summed E-state index contributed by atoms with van der Waals surface area (Å²) < 4.78 is 33.5. The zero-order valence-corrected chi connectivity index (χ0v) is 16.5. The van der Waals surface area contributed by atoms with Gasteiger partial charge in [0.2, 0.25) is 11.6 Å². The Bertz CT molecular complexity index is 1040. The number of nitrogens with two attached hydrogens (primary N) is 1. The molecule has 4 rings (SSSR count). The summed E-state index contributed by atoms with van der Waals surface area (Å²) in [4.78, 5) is 17.6. The van der Waals surface area contributed by atoms with Gasteiger partial charge in [0, 0.05) is 18.2 Å². The first-order valence-electron chi connectivity index (χ1n) is 9.49. The number of hydrogen-bond donors (Lipinski definition) is 1. The van der Waals surface area contributed by atoms with E-state index in [0.717, 1.165) is 28.3 Å². The van der Waals surface area contributed by atoms with Crippen molar-refractivity contribution in [2.24, 2.45) is 5.73 Å². The monoisotopic (exact) mass is 401 g/mol. The molecular formula is C20H23N3O4S. The molecule has 0 saturated heterocycles. The van der Waals surface area contributed by atoms with Gasteiger partial charge in [-0.05, 0) is 37.0 Å². The molecule has 0 aliphatic carbocycles. The Kier molecular flexibility index (Phi) is 4.63. The Balaban J connectivity index is 1.81. The van der Waals surface area contributed by atoms with Crippen LogP contribution in [-0.2, 0) is 22.9 Å². The van der Waals surface area contributed by atoms with Crippen molar-refractivity contribution in [3.05, 3.63) is 53.2 Å². The van der Waals surface area contributed by atoms with E-state index in [1.165, 1.54) is 6.07 Å². The van der Waals surface area contributed by atoms with Gasteiger partial charge in [-0.15, -0.1) is 0 Å². The molecule has 7 nitrogen and oxygen atoms in total. The van der Waals surface area contributed by atoms with E-state index >= 15 is 0 Å². The van der Waals surface area contributed by atoms with Gasteiger partial charge in [0.05, 0.1) is 12.1 Å². The Morgan fingerprint density at radius 3 is 2.86 bits per heavy atom. The molecule has 2 aliphatic heterocycles. The Morgan fingerprint density at radius 1 is 1.29 bits per heavy atom. The van der Waals surface area contributed by atoms with Crippen LogP contribution in [-0.4, -0.2) is 35.9 Å². The summed E-state index contributed by atoms with van der Waals surface area (Å²) in [5, 5.41) is 0. The van der Waals surface area contributed by atoms with Gasteiger partial charge in [0.25, 0.3) is 15.9 Å². The number of benzene rings is 1. The summed E-state index contributed by atoms with van der Waals surface area (Å²) >= 11 is 0.